The van der Waals surface area contributed by atoms with Crippen LogP contribution >= 0.6 is 23.2 Å². The van der Waals surface area contributed by atoms with Crippen LogP contribution in [-0.4, -0.2) is 5.91 Å². The van der Waals surface area contributed by atoms with Gasteiger partial charge in [0.15, 0.2) is 5.92 Å². The van der Waals surface area contributed by atoms with Crippen LogP contribution in [0.15, 0.2) is 48.5 Å². The van der Waals surface area contributed by atoms with Gasteiger partial charge in [-0.2, -0.15) is 5.26 Å². The van der Waals surface area contributed by atoms with E-state index in [-0.39, 0.29) is 0 Å². The van der Waals surface area contributed by atoms with E-state index < -0.39 is 11.8 Å². The van der Waals surface area contributed by atoms with Crippen molar-refractivity contribution >= 4 is 34.8 Å². The number of nitriles is 1. The van der Waals surface area contributed by atoms with E-state index >= 15 is 0 Å². The molecular weight excluding hydrogens is 295 g/mol. The van der Waals surface area contributed by atoms with Gasteiger partial charge in [-0.05, 0) is 17.7 Å². The van der Waals surface area contributed by atoms with Crippen molar-refractivity contribution in [3.63, 3.8) is 0 Å². The van der Waals surface area contributed by atoms with Crippen molar-refractivity contribution in [3.8, 4) is 6.07 Å². The highest BCUT2D eigenvalue weighted by Gasteiger charge is 2.21. The summed E-state index contributed by atoms with van der Waals surface area (Å²) in [5.41, 5.74) is 0.938. The molecule has 0 fully saturated rings. The van der Waals surface area contributed by atoms with Gasteiger partial charge in [0.1, 0.15) is 0 Å². The van der Waals surface area contributed by atoms with Gasteiger partial charge < -0.3 is 5.32 Å². The van der Waals surface area contributed by atoms with Crippen LogP contribution in [0.4, 0.5) is 5.69 Å². The topological polar surface area (TPSA) is 52.9 Å². The first-order chi connectivity index (χ1) is 9.63. The van der Waals surface area contributed by atoms with Crippen LogP contribution in [-0.2, 0) is 4.79 Å². The number of amides is 1. The molecule has 100 valence electrons. The van der Waals surface area contributed by atoms with E-state index in [1.54, 1.807) is 42.5 Å². The van der Waals surface area contributed by atoms with Crippen molar-refractivity contribution in [2.24, 2.45) is 0 Å². The van der Waals surface area contributed by atoms with Gasteiger partial charge in [0, 0.05) is 0 Å². The quantitative estimate of drug-likeness (QED) is 0.922. The normalized spacial score (nSPS) is 11.4. The van der Waals surface area contributed by atoms with Crippen LogP contribution in [0, 0.1) is 11.3 Å². The summed E-state index contributed by atoms with van der Waals surface area (Å²) in [6, 6.07) is 15.7. The van der Waals surface area contributed by atoms with Gasteiger partial charge in [-0.3, -0.25) is 4.79 Å². The summed E-state index contributed by atoms with van der Waals surface area (Å²) in [6.45, 7) is 0. The van der Waals surface area contributed by atoms with E-state index in [0.717, 1.165) is 0 Å². The van der Waals surface area contributed by atoms with Gasteiger partial charge in [-0.25, -0.2) is 0 Å². The van der Waals surface area contributed by atoms with E-state index in [4.69, 9.17) is 23.2 Å². The first-order valence-corrected chi connectivity index (χ1v) is 6.58. The standard InChI is InChI=1S/C15H10Cl2N2O/c16-12-7-4-8-13(17)14(12)19-15(20)11(9-18)10-5-2-1-3-6-10/h1-8,11H,(H,19,20). The minimum atomic E-state index is -0.913. The molecule has 2 rings (SSSR count). The van der Waals surface area contributed by atoms with E-state index in [2.05, 4.69) is 5.32 Å². The van der Waals surface area contributed by atoms with Gasteiger partial charge in [-0.1, -0.05) is 59.6 Å². The molecule has 0 aromatic heterocycles. The fraction of sp³-hybridized carbons (Fsp3) is 0.0667. The first-order valence-electron chi connectivity index (χ1n) is 5.83. The second-order valence-corrected chi connectivity index (χ2v) is 4.87. The summed E-state index contributed by atoms with van der Waals surface area (Å²) < 4.78 is 0. The molecule has 0 spiro atoms. The van der Waals surface area contributed by atoms with Crippen LogP contribution in [0.3, 0.4) is 0 Å². The second-order valence-electron chi connectivity index (χ2n) is 4.06. The summed E-state index contributed by atoms with van der Waals surface area (Å²) in [5.74, 6) is -1.38. The predicted molar refractivity (Wildman–Crippen MR) is 79.9 cm³/mol. The number of anilines is 1. The van der Waals surface area contributed by atoms with Crippen LogP contribution in [0.5, 0.6) is 0 Å². The Morgan fingerprint density at radius 3 is 2.20 bits per heavy atom. The number of hydrogen-bond donors (Lipinski definition) is 1. The molecule has 1 amide bonds. The highest BCUT2D eigenvalue weighted by Crippen LogP contribution is 2.30. The maximum atomic E-state index is 12.2. The van der Waals surface area contributed by atoms with E-state index in [9.17, 15) is 10.1 Å². The summed E-state index contributed by atoms with van der Waals surface area (Å²) in [7, 11) is 0. The minimum Gasteiger partial charge on any atom is -0.322 e. The maximum Gasteiger partial charge on any atom is 0.246 e. The number of halogens is 2. The van der Waals surface area contributed by atoms with Crippen LogP contribution in [0.1, 0.15) is 11.5 Å². The number of nitrogens with one attached hydrogen (secondary N) is 1. The monoisotopic (exact) mass is 304 g/mol. The van der Waals surface area contributed by atoms with E-state index in [1.165, 1.54) is 0 Å². The number of para-hydroxylation sites is 1. The Kier molecular flexibility index (Phi) is 4.62. The maximum absolute atomic E-state index is 12.2. The molecule has 0 aliphatic heterocycles. The average molecular weight is 305 g/mol. The van der Waals surface area contributed by atoms with Gasteiger partial charge in [0.25, 0.3) is 0 Å². The summed E-state index contributed by atoms with van der Waals surface area (Å²) in [6.07, 6.45) is 0. The fourth-order valence-electron chi connectivity index (χ4n) is 1.74. The van der Waals surface area contributed by atoms with Crippen molar-refractivity contribution in [3.05, 3.63) is 64.1 Å². The minimum absolute atomic E-state index is 0.317. The summed E-state index contributed by atoms with van der Waals surface area (Å²) in [5, 5.41) is 12.5. The molecule has 1 atom stereocenters. The third-order valence-electron chi connectivity index (χ3n) is 2.74. The third-order valence-corrected chi connectivity index (χ3v) is 3.37. The Labute approximate surface area is 126 Å². The van der Waals surface area contributed by atoms with Crippen LogP contribution in [0.2, 0.25) is 10.0 Å². The van der Waals surface area contributed by atoms with Gasteiger partial charge in [-0.15, -0.1) is 0 Å². The lowest BCUT2D eigenvalue weighted by Gasteiger charge is -2.12. The molecule has 5 heteroatoms. The Morgan fingerprint density at radius 1 is 1.05 bits per heavy atom. The zero-order valence-corrected chi connectivity index (χ0v) is 11.8. The van der Waals surface area contributed by atoms with E-state index in [1.807, 2.05) is 12.1 Å². The lowest BCUT2D eigenvalue weighted by molar-refractivity contribution is -0.116. The molecule has 0 radical (unpaired) electrons. The number of nitrogens with zero attached hydrogens (tertiary/aromatic N) is 1. The predicted octanol–water partition coefficient (Wildman–Crippen LogP) is 4.24. The number of carbonyl (C=O) groups is 1. The van der Waals surface area contributed by atoms with Crippen molar-refractivity contribution in [2.75, 3.05) is 5.32 Å². The van der Waals surface area contributed by atoms with Crippen LogP contribution < -0.4 is 5.32 Å². The molecule has 0 heterocycles. The molecule has 0 bridgehead atoms. The Balaban J connectivity index is 2.26. The molecule has 0 aliphatic carbocycles. The number of rotatable bonds is 3. The molecule has 0 saturated heterocycles. The molecule has 1 N–H and O–H groups in total. The van der Waals surface area contributed by atoms with Gasteiger partial charge >= 0.3 is 0 Å². The Hall–Kier alpha value is -2.02. The van der Waals surface area contributed by atoms with E-state index in [0.29, 0.717) is 21.3 Å². The molecule has 0 saturated carbocycles. The average Bonchev–Trinajstić information content (AvgIpc) is 2.45. The van der Waals surface area contributed by atoms with Crippen molar-refractivity contribution in [2.45, 2.75) is 5.92 Å². The molecule has 20 heavy (non-hydrogen) atoms. The molecule has 1 unspecified atom stereocenters. The first kappa shape index (κ1) is 14.4. The largest absolute Gasteiger partial charge is 0.322 e. The van der Waals surface area contributed by atoms with Gasteiger partial charge in [0.05, 0.1) is 21.8 Å². The number of benzene rings is 2. The highest BCUT2D eigenvalue weighted by molar-refractivity contribution is 6.39. The smallest absolute Gasteiger partial charge is 0.246 e. The number of carbonyl (C=O) groups excluding carboxylic acids is 1. The van der Waals surface area contributed by atoms with Crippen LogP contribution in [0.25, 0.3) is 0 Å². The van der Waals surface area contributed by atoms with Crippen molar-refractivity contribution in [1.82, 2.24) is 0 Å². The zero-order chi connectivity index (χ0) is 14.5. The fourth-order valence-corrected chi connectivity index (χ4v) is 2.23. The second kappa shape index (κ2) is 6.42. The summed E-state index contributed by atoms with van der Waals surface area (Å²) in [4.78, 5) is 12.2. The Bertz CT molecular complexity index is 645. The molecule has 0 aliphatic rings. The highest BCUT2D eigenvalue weighted by atomic mass is 35.5. The third kappa shape index (κ3) is 3.11. The molecule has 3 nitrogen and oxygen atoms in total. The summed E-state index contributed by atoms with van der Waals surface area (Å²) >= 11 is 12.0. The molecular formula is C15H10Cl2N2O. The lowest BCUT2D eigenvalue weighted by Crippen LogP contribution is -2.20. The van der Waals surface area contributed by atoms with Crippen molar-refractivity contribution < 1.29 is 4.79 Å². The van der Waals surface area contributed by atoms with Crippen molar-refractivity contribution in [1.29, 1.82) is 5.26 Å². The molecule has 2 aromatic rings. The molecule has 2 aromatic carbocycles. The number of hydrogen-bond acceptors (Lipinski definition) is 2. The lowest BCUT2D eigenvalue weighted by atomic mass is 10.00. The Morgan fingerprint density at radius 2 is 1.65 bits per heavy atom. The van der Waals surface area contributed by atoms with Gasteiger partial charge in [0.2, 0.25) is 5.91 Å². The SMILES string of the molecule is N#CC(C(=O)Nc1c(Cl)cccc1Cl)c1ccccc1. The zero-order valence-electron chi connectivity index (χ0n) is 10.3.